The quantitative estimate of drug-likeness (QED) is 0.577. The number of anilines is 1. The molecule has 6 nitrogen and oxygen atoms in total. The van der Waals surface area contributed by atoms with Crippen molar-refractivity contribution in [2.45, 2.75) is 19.8 Å². The molecule has 4 rings (SSSR count). The number of amides is 2. The summed E-state index contributed by atoms with van der Waals surface area (Å²) in [5, 5.41) is 12.9. The predicted octanol–water partition coefficient (Wildman–Crippen LogP) is 3.87. The lowest BCUT2D eigenvalue weighted by molar-refractivity contribution is -0.122. The lowest BCUT2D eigenvalue weighted by atomic mass is 10.1. The van der Waals surface area contributed by atoms with Gasteiger partial charge in [0.1, 0.15) is 11.6 Å². The average molecular weight is 410 g/mol. The van der Waals surface area contributed by atoms with E-state index in [2.05, 4.69) is 20.8 Å². The highest BCUT2D eigenvalue weighted by molar-refractivity contribution is 6.00. The maximum atomic E-state index is 14.5. The summed E-state index contributed by atoms with van der Waals surface area (Å²) in [5.74, 6) is -1.43. The van der Waals surface area contributed by atoms with Gasteiger partial charge in [-0.25, -0.2) is 8.78 Å². The van der Waals surface area contributed by atoms with Crippen LogP contribution in [-0.2, 0) is 9.59 Å². The minimum atomic E-state index is -0.686. The molecule has 0 unspecified atom stereocenters. The molecule has 1 aliphatic rings. The molecule has 3 N–H and O–H groups in total. The van der Waals surface area contributed by atoms with Crippen LogP contribution in [0.3, 0.4) is 0 Å². The number of carbonyl (C=O) groups is 2. The first-order chi connectivity index (χ1) is 14.4. The second-order valence-electron chi connectivity index (χ2n) is 7.52. The van der Waals surface area contributed by atoms with E-state index in [9.17, 15) is 18.4 Å². The van der Waals surface area contributed by atoms with E-state index in [-0.39, 0.29) is 29.9 Å². The normalized spacial score (nSPS) is 14.8. The first-order valence-electron chi connectivity index (χ1n) is 9.53. The second kappa shape index (κ2) is 7.70. The fourth-order valence-electron chi connectivity index (χ4n) is 3.21. The second-order valence-corrected chi connectivity index (χ2v) is 7.52. The van der Waals surface area contributed by atoms with Crippen LogP contribution >= 0.6 is 0 Å². The number of hydrogen-bond donors (Lipinski definition) is 3. The Morgan fingerprint density at radius 2 is 1.90 bits per heavy atom. The zero-order valence-corrected chi connectivity index (χ0v) is 16.3. The Morgan fingerprint density at radius 1 is 1.17 bits per heavy atom. The van der Waals surface area contributed by atoms with Crippen molar-refractivity contribution in [3.05, 3.63) is 59.3 Å². The molecule has 0 atom stereocenters. The molecule has 1 saturated carbocycles. The van der Waals surface area contributed by atoms with Gasteiger partial charge in [-0.15, -0.1) is 0 Å². The van der Waals surface area contributed by atoms with Crippen molar-refractivity contribution in [1.82, 2.24) is 15.5 Å². The van der Waals surface area contributed by atoms with E-state index in [0.717, 1.165) is 5.56 Å². The van der Waals surface area contributed by atoms with Crippen molar-refractivity contribution in [2.75, 3.05) is 11.9 Å². The molecule has 1 aromatic heterocycles. The number of H-pyrrole nitrogens is 1. The fourth-order valence-corrected chi connectivity index (χ4v) is 3.21. The van der Waals surface area contributed by atoms with Gasteiger partial charge in [0.25, 0.3) is 0 Å². The van der Waals surface area contributed by atoms with Crippen LogP contribution in [0.2, 0.25) is 0 Å². The smallest absolute Gasteiger partial charge is 0.232 e. The molecule has 2 aromatic carbocycles. The van der Waals surface area contributed by atoms with Crippen molar-refractivity contribution < 1.29 is 18.4 Å². The van der Waals surface area contributed by atoms with Crippen LogP contribution in [0.5, 0.6) is 0 Å². The number of nitrogens with zero attached hydrogens (tertiary/aromatic N) is 1. The van der Waals surface area contributed by atoms with E-state index >= 15 is 0 Å². The van der Waals surface area contributed by atoms with E-state index in [1.54, 1.807) is 24.3 Å². The molecule has 3 aromatic rings. The highest BCUT2D eigenvalue weighted by Gasteiger charge is 2.50. The van der Waals surface area contributed by atoms with Gasteiger partial charge >= 0.3 is 0 Å². The first-order valence-corrected chi connectivity index (χ1v) is 9.53. The van der Waals surface area contributed by atoms with Crippen molar-refractivity contribution in [1.29, 1.82) is 0 Å². The fraction of sp³-hybridized carbons (Fsp3) is 0.227. The van der Waals surface area contributed by atoms with Crippen LogP contribution in [0.4, 0.5) is 14.5 Å². The van der Waals surface area contributed by atoms with Gasteiger partial charge in [0.2, 0.25) is 11.8 Å². The summed E-state index contributed by atoms with van der Waals surface area (Å²) in [6.07, 6.45) is 4.78. The van der Waals surface area contributed by atoms with Crippen LogP contribution < -0.4 is 10.6 Å². The largest absolute Gasteiger partial charge is 0.355 e. The Kier molecular flexibility index (Phi) is 5.07. The molecule has 0 spiro atoms. The molecule has 1 fully saturated rings. The molecule has 154 valence electrons. The first kappa shape index (κ1) is 19.8. The lowest BCUT2D eigenvalue weighted by Gasteiger charge is -2.16. The molecule has 1 heterocycles. The zero-order valence-electron chi connectivity index (χ0n) is 16.3. The molecule has 0 bridgehead atoms. The Balaban J connectivity index is 1.56. The molecule has 30 heavy (non-hydrogen) atoms. The summed E-state index contributed by atoms with van der Waals surface area (Å²) in [7, 11) is 0. The van der Waals surface area contributed by atoms with Gasteiger partial charge < -0.3 is 10.6 Å². The minimum absolute atomic E-state index is 0.0550. The summed E-state index contributed by atoms with van der Waals surface area (Å²) in [6.45, 7) is 1.62. The zero-order chi connectivity index (χ0) is 21.3. The van der Waals surface area contributed by atoms with Gasteiger partial charge in [0.15, 0.2) is 0 Å². The number of nitrogens with one attached hydrogen (secondary N) is 3. The number of hydrogen-bond acceptors (Lipinski definition) is 3. The van der Waals surface area contributed by atoms with Crippen LogP contribution in [0, 0.1) is 17.0 Å². The van der Waals surface area contributed by atoms with Crippen LogP contribution in [0.25, 0.3) is 23.1 Å². The van der Waals surface area contributed by atoms with E-state index in [4.69, 9.17) is 0 Å². The van der Waals surface area contributed by atoms with Gasteiger partial charge in [-0.05, 0) is 42.7 Å². The van der Waals surface area contributed by atoms with E-state index < -0.39 is 11.2 Å². The third-order valence-corrected chi connectivity index (χ3v) is 5.24. The summed E-state index contributed by atoms with van der Waals surface area (Å²) >= 11 is 0. The van der Waals surface area contributed by atoms with Crippen LogP contribution in [0.15, 0.2) is 36.4 Å². The summed E-state index contributed by atoms with van der Waals surface area (Å²) in [6, 6.07) is 8.80. The van der Waals surface area contributed by atoms with Gasteiger partial charge in [0.05, 0.1) is 22.3 Å². The number of rotatable bonds is 6. The standard InChI is InChI=1S/C22H20F2N4O2/c1-13(29)25-12-22(8-9-22)21(30)26-20-10-16-18(27-28-19(16)11-17(20)24)7-4-14-2-5-15(23)6-3-14/h2-7,10-11H,8-9,12H2,1H3,(H,25,29)(H,26,30)(H,27,28). The molecular weight excluding hydrogens is 390 g/mol. The monoisotopic (exact) mass is 410 g/mol. The minimum Gasteiger partial charge on any atom is -0.355 e. The summed E-state index contributed by atoms with van der Waals surface area (Å²) in [4.78, 5) is 23.8. The van der Waals surface area contributed by atoms with Crippen LogP contribution in [-0.4, -0.2) is 28.6 Å². The van der Waals surface area contributed by atoms with Crippen molar-refractivity contribution in [2.24, 2.45) is 5.41 Å². The highest BCUT2D eigenvalue weighted by Crippen LogP contribution is 2.46. The topological polar surface area (TPSA) is 86.9 Å². The maximum absolute atomic E-state index is 14.5. The van der Waals surface area contributed by atoms with Crippen molar-refractivity contribution in [3.63, 3.8) is 0 Å². The number of halogens is 2. The molecule has 0 saturated heterocycles. The summed E-state index contributed by atoms with van der Waals surface area (Å²) in [5.41, 5.74) is 1.21. The van der Waals surface area contributed by atoms with Crippen LogP contribution in [0.1, 0.15) is 31.0 Å². The van der Waals surface area contributed by atoms with E-state index in [1.165, 1.54) is 31.2 Å². The Hall–Kier alpha value is -3.55. The molecule has 1 aliphatic carbocycles. The number of aromatic amines is 1. The van der Waals surface area contributed by atoms with E-state index in [0.29, 0.717) is 29.4 Å². The summed E-state index contributed by atoms with van der Waals surface area (Å²) < 4.78 is 27.6. The van der Waals surface area contributed by atoms with Gasteiger partial charge in [-0.3, -0.25) is 14.7 Å². The Bertz CT molecular complexity index is 1150. The lowest BCUT2D eigenvalue weighted by Crippen LogP contribution is -2.36. The number of fused-ring (bicyclic) bond motifs is 1. The van der Waals surface area contributed by atoms with Gasteiger partial charge in [0, 0.05) is 24.9 Å². The Labute approximate surface area is 171 Å². The molecule has 0 aliphatic heterocycles. The van der Waals surface area contributed by atoms with Crippen molar-refractivity contribution in [3.8, 4) is 0 Å². The molecule has 0 radical (unpaired) electrons. The third kappa shape index (κ3) is 4.07. The predicted molar refractivity (Wildman–Crippen MR) is 110 cm³/mol. The maximum Gasteiger partial charge on any atom is 0.232 e. The number of aromatic nitrogens is 2. The van der Waals surface area contributed by atoms with Crippen molar-refractivity contribution >= 4 is 40.6 Å². The van der Waals surface area contributed by atoms with Gasteiger partial charge in [-0.2, -0.15) is 5.10 Å². The average Bonchev–Trinajstić information content (AvgIpc) is 3.42. The SMILES string of the molecule is CC(=O)NCC1(C(=O)Nc2cc3c(C=Cc4ccc(F)cc4)n[nH]c3cc2F)CC1. The third-order valence-electron chi connectivity index (χ3n) is 5.24. The van der Waals surface area contributed by atoms with Gasteiger partial charge in [-0.1, -0.05) is 18.2 Å². The molecule has 2 amide bonds. The highest BCUT2D eigenvalue weighted by atomic mass is 19.1. The van der Waals surface area contributed by atoms with E-state index in [1.807, 2.05) is 0 Å². The molecular formula is C22H20F2N4O2. The Morgan fingerprint density at radius 3 is 2.57 bits per heavy atom. The number of benzene rings is 2. The molecule has 8 heteroatoms. The number of carbonyl (C=O) groups excluding carboxylic acids is 2.